The molecule has 0 aliphatic carbocycles. The average Bonchev–Trinajstić information content (AvgIpc) is 3.42. The Bertz CT molecular complexity index is 1610. The number of aliphatic hydroxyl groups excluding tert-OH is 1. The largest absolute Gasteiger partial charge is 0.472 e. The van der Waals surface area contributed by atoms with Gasteiger partial charge in [0, 0.05) is 6.42 Å². The van der Waals surface area contributed by atoms with E-state index in [9.17, 15) is 19.4 Å². The van der Waals surface area contributed by atoms with Gasteiger partial charge >= 0.3 is 7.82 Å². The van der Waals surface area contributed by atoms with Crippen LogP contribution in [-0.2, 0) is 18.4 Å². The zero-order chi connectivity index (χ0) is 57.7. The summed E-state index contributed by atoms with van der Waals surface area (Å²) in [5, 5.41) is 14.1. The molecule has 8 nitrogen and oxygen atoms in total. The molecule has 0 fully saturated rings. The van der Waals surface area contributed by atoms with Crippen LogP contribution >= 0.6 is 7.82 Å². The number of hydrogen-bond donors (Lipinski definition) is 3. The summed E-state index contributed by atoms with van der Waals surface area (Å²) in [5.74, 6) is -0.153. The van der Waals surface area contributed by atoms with Crippen molar-refractivity contribution >= 4 is 13.7 Å². The van der Waals surface area contributed by atoms with E-state index >= 15 is 0 Å². The number of likely N-dealkylation sites (N-methyl/N-ethyl adjacent to an activating group) is 1. The van der Waals surface area contributed by atoms with E-state index in [1.165, 1.54) is 167 Å². The van der Waals surface area contributed by atoms with Crippen LogP contribution in [0.15, 0.2) is 97.2 Å². The third kappa shape index (κ3) is 62.9. The molecule has 0 rings (SSSR count). The number of carbonyl (C=O) groups excluding carboxylic acids is 1. The first-order chi connectivity index (χ1) is 38.5. The van der Waals surface area contributed by atoms with Gasteiger partial charge < -0.3 is 19.8 Å². The third-order valence-corrected chi connectivity index (χ3v) is 15.6. The van der Waals surface area contributed by atoms with Crippen LogP contribution in [0.3, 0.4) is 0 Å². The fourth-order valence-corrected chi connectivity index (χ4v) is 10.2. The molecular formula is C70H128N2O6P+. The van der Waals surface area contributed by atoms with Crippen molar-refractivity contribution in [2.75, 3.05) is 40.9 Å². The summed E-state index contributed by atoms with van der Waals surface area (Å²) >= 11 is 0. The van der Waals surface area contributed by atoms with Crippen LogP contribution in [0.25, 0.3) is 0 Å². The highest BCUT2D eigenvalue weighted by molar-refractivity contribution is 7.47. The Labute approximate surface area is 489 Å². The van der Waals surface area contributed by atoms with Gasteiger partial charge in [0.1, 0.15) is 13.2 Å². The van der Waals surface area contributed by atoms with Crippen molar-refractivity contribution in [3.05, 3.63) is 97.2 Å². The Hall–Kier alpha value is -2.58. The van der Waals surface area contributed by atoms with E-state index < -0.39 is 20.0 Å². The lowest BCUT2D eigenvalue weighted by Gasteiger charge is -2.26. The summed E-state index contributed by atoms with van der Waals surface area (Å²) in [5.41, 5.74) is 0. The number of nitrogens with zero attached hydrogens (tertiary/aromatic N) is 1. The number of rotatable bonds is 60. The minimum Gasteiger partial charge on any atom is -0.391 e. The molecule has 9 heteroatoms. The molecule has 1 amide bonds. The van der Waals surface area contributed by atoms with Crippen molar-refractivity contribution in [3.8, 4) is 0 Å². The Morgan fingerprint density at radius 1 is 0.443 bits per heavy atom. The van der Waals surface area contributed by atoms with Crippen LogP contribution < -0.4 is 5.32 Å². The molecule has 0 radical (unpaired) electrons. The molecule has 0 aromatic rings. The first kappa shape index (κ1) is 76.4. The molecule has 0 aromatic heterocycles. The number of aliphatic hydroxyl groups is 1. The predicted octanol–water partition coefficient (Wildman–Crippen LogP) is 20.9. The molecule has 0 spiro atoms. The van der Waals surface area contributed by atoms with Crippen LogP contribution in [0, 0.1) is 0 Å². The number of hydrogen-bond acceptors (Lipinski definition) is 5. The molecule has 458 valence electrons. The van der Waals surface area contributed by atoms with Crippen molar-refractivity contribution < 1.29 is 32.9 Å². The molecule has 3 N–H and O–H groups in total. The van der Waals surface area contributed by atoms with Crippen molar-refractivity contribution in [2.45, 2.75) is 302 Å². The van der Waals surface area contributed by atoms with E-state index in [0.29, 0.717) is 23.9 Å². The number of nitrogens with one attached hydrogen (secondary N) is 1. The van der Waals surface area contributed by atoms with Crippen LogP contribution in [0.1, 0.15) is 290 Å². The molecule has 0 saturated heterocycles. The van der Waals surface area contributed by atoms with E-state index in [2.05, 4.69) is 116 Å². The van der Waals surface area contributed by atoms with E-state index in [-0.39, 0.29) is 19.1 Å². The van der Waals surface area contributed by atoms with Gasteiger partial charge in [0.15, 0.2) is 0 Å². The van der Waals surface area contributed by atoms with Gasteiger partial charge in [-0.25, -0.2) is 4.57 Å². The molecule has 0 aromatic carbocycles. The highest BCUT2D eigenvalue weighted by Crippen LogP contribution is 2.43. The lowest BCUT2D eigenvalue weighted by molar-refractivity contribution is -0.870. The first-order valence-corrected chi connectivity index (χ1v) is 34.6. The van der Waals surface area contributed by atoms with E-state index in [0.717, 1.165) is 96.3 Å². The third-order valence-electron chi connectivity index (χ3n) is 14.6. The Balaban J connectivity index is 4.14. The van der Waals surface area contributed by atoms with Gasteiger partial charge in [-0.3, -0.25) is 13.8 Å². The van der Waals surface area contributed by atoms with Gasteiger partial charge in [0.05, 0.1) is 39.9 Å². The maximum atomic E-state index is 13.1. The fourth-order valence-electron chi connectivity index (χ4n) is 9.48. The van der Waals surface area contributed by atoms with Gasteiger partial charge in [0.25, 0.3) is 0 Å². The minimum atomic E-state index is -4.34. The molecule has 0 saturated carbocycles. The topological polar surface area (TPSA) is 105 Å². The van der Waals surface area contributed by atoms with Crippen molar-refractivity contribution in [3.63, 3.8) is 0 Å². The molecule has 0 aliphatic rings. The highest BCUT2D eigenvalue weighted by Gasteiger charge is 2.28. The predicted molar refractivity (Wildman–Crippen MR) is 346 cm³/mol. The van der Waals surface area contributed by atoms with Gasteiger partial charge in [-0.15, -0.1) is 0 Å². The second kappa shape index (κ2) is 60.0. The zero-order valence-corrected chi connectivity index (χ0v) is 53.2. The monoisotopic (exact) mass is 1120 g/mol. The molecule has 0 bridgehead atoms. The van der Waals surface area contributed by atoms with Gasteiger partial charge in [-0.1, -0.05) is 304 Å². The highest BCUT2D eigenvalue weighted by atomic mass is 31.2. The van der Waals surface area contributed by atoms with Crippen LogP contribution in [0.2, 0.25) is 0 Å². The number of phosphoric acid groups is 1. The van der Waals surface area contributed by atoms with Gasteiger partial charge in [-0.05, 0) is 77.0 Å². The lowest BCUT2D eigenvalue weighted by atomic mass is 10.0. The summed E-state index contributed by atoms with van der Waals surface area (Å²) in [6, 6.07) is -0.773. The van der Waals surface area contributed by atoms with E-state index in [4.69, 9.17) is 9.05 Å². The molecule has 3 unspecified atom stereocenters. The van der Waals surface area contributed by atoms with Crippen LogP contribution in [-0.4, -0.2) is 73.4 Å². The molecule has 79 heavy (non-hydrogen) atoms. The van der Waals surface area contributed by atoms with Gasteiger partial charge in [-0.2, -0.15) is 0 Å². The Kier molecular flexibility index (Phi) is 58.1. The summed E-state index contributed by atoms with van der Waals surface area (Å²) < 4.78 is 23.9. The maximum Gasteiger partial charge on any atom is 0.472 e. The van der Waals surface area contributed by atoms with Crippen molar-refractivity contribution in [1.82, 2.24) is 5.32 Å². The summed E-state index contributed by atoms with van der Waals surface area (Å²) in [6.45, 7) is 4.79. The molecule has 3 atom stereocenters. The Morgan fingerprint density at radius 3 is 1.11 bits per heavy atom. The van der Waals surface area contributed by atoms with Gasteiger partial charge in [0.2, 0.25) is 5.91 Å². The average molecular weight is 1120 g/mol. The summed E-state index contributed by atoms with van der Waals surface area (Å²) in [7, 11) is 1.61. The number of carbonyl (C=O) groups is 1. The number of allylic oxidation sites excluding steroid dienone is 16. The minimum absolute atomic E-state index is 0.0689. The quantitative estimate of drug-likeness (QED) is 0.0243. The smallest absolute Gasteiger partial charge is 0.391 e. The second-order valence-electron chi connectivity index (χ2n) is 23.5. The lowest BCUT2D eigenvalue weighted by Crippen LogP contribution is -2.46. The maximum absolute atomic E-state index is 13.1. The van der Waals surface area contributed by atoms with Crippen LogP contribution in [0.4, 0.5) is 0 Å². The normalized spacial score (nSPS) is 14.4. The number of amides is 1. The Morgan fingerprint density at radius 2 is 0.759 bits per heavy atom. The summed E-state index contributed by atoms with van der Waals surface area (Å²) in [4.78, 5) is 23.4. The molecule has 0 aliphatic heterocycles. The van der Waals surface area contributed by atoms with Crippen LogP contribution in [0.5, 0.6) is 0 Å². The van der Waals surface area contributed by atoms with Crippen molar-refractivity contribution in [2.24, 2.45) is 0 Å². The second-order valence-corrected chi connectivity index (χ2v) is 24.9. The zero-order valence-electron chi connectivity index (χ0n) is 52.3. The number of phosphoric ester groups is 1. The van der Waals surface area contributed by atoms with Crippen molar-refractivity contribution in [1.29, 1.82) is 0 Å². The number of quaternary nitrogens is 1. The summed E-state index contributed by atoms with van der Waals surface area (Å²) in [6.07, 6.45) is 86.3. The standard InChI is InChI=1S/C70H127N2O6P/c1-6-8-10-12-14-16-18-20-22-24-26-28-30-32-33-34-35-36-37-38-39-40-42-44-46-48-50-52-54-56-58-60-62-64-70(74)71-68(67-78-79(75,76)77-66-65-72(3,4)5)69(73)63-61-59-57-55-53-51-49-47-45-43-41-31-29-27-25-23-21-19-17-15-13-11-9-7-2/h8,10,14,16,20,22,26,28,32-33,35-36,38-39,42,44,68-69,73H,6-7,9,11-13,15,17-19,21,23-25,27,29-31,34,37,40-41,43,45-67H2,1-5H3,(H-,71,74,75,76)/p+1/b10-8-,16-14-,22-20-,28-26-,33-32-,36-35-,39-38-,44-42-. The molecule has 0 heterocycles. The molecular weight excluding hydrogens is 996 g/mol. The first-order valence-electron chi connectivity index (χ1n) is 33.1. The SMILES string of the molecule is CC/C=C\C/C=C\C/C=C\C/C=C\C/C=C\C/C=C\C/C=C\C/C=C\CCCCCCCCCCC(=O)NC(COP(=O)(O)OCC[N+](C)(C)C)C(O)CCCCCCCCCCCCCCCCCCCCCCCCCC. The van der Waals surface area contributed by atoms with E-state index in [1.807, 2.05) is 21.1 Å². The van der Waals surface area contributed by atoms with E-state index in [1.54, 1.807) is 0 Å². The fraction of sp³-hybridized carbons (Fsp3) is 0.757. The number of unbranched alkanes of at least 4 members (excludes halogenated alkanes) is 31.